The molecule has 2 aromatic carbocycles. The minimum Gasteiger partial charge on any atom is -0.379 e. The van der Waals surface area contributed by atoms with E-state index in [0.717, 1.165) is 84.5 Å². The van der Waals surface area contributed by atoms with Crippen molar-refractivity contribution in [2.75, 3.05) is 45.6 Å². The van der Waals surface area contributed by atoms with Gasteiger partial charge >= 0.3 is 0 Å². The molecule has 0 amide bonds. The lowest BCUT2D eigenvalue weighted by Gasteiger charge is -2.27. The molecule has 7 nitrogen and oxygen atoms in total. The largest absolute Gasteiger partial charge is 0.379 e. The molecule has 0 bridgehead atoms. The van der Waals surface area contributed by atoms with Crippen LogP contribution in [0.4, 0.5) is 0 Å². The van der Waals surface area contributed by atoms with Crippen LogP contribution >= 0.6 is 35.0 Å². The summed E-state index contributed by atoms with van der Waals surface area (Å²) in [6.07, 6.45) is 2.91. The summed E-state index contributed by atoms with van der Waals surface area (Å²) in [6.45, 7) is 6.11. The van der Waals surface area contributed by atoms with Crippen LogP contribution < -0.4 is 0 Å². The molecule has 1 aromatic heterocycles. The summed E-state index contributed by atoms with van der Waals surface area (Å²) in [6, 6.07) is 13.8. The lowest BCUT2D eigenvalue weighted by atomic mass is 10.0. The number of halogens is 2. The van der Waals surface area contributed by atoms with Gasteiger partial charge in [0, 0.05) is 78.2 Å². The lowest BCUT2D eigenvalue weighted by Crippen LogP contribution is -2.37. The molecule has 5 rings (SSSR count). The fourth-order valence-electron chi connectivity index (χ4n) is 4.94. The van der Waals surface area contributed by atoms with E-state index in [0.29, 0.717) is 29.6 Å². The van der Waals surface area contributed by atoms with Gasteiger partial charge in [-0.15, -0.1) is 11.8 Å². The fraction of sp³-hybridized carbons (Fsp3) is 0.444. The van der Waals surface area contributed by atoms with Gasteiger partial charge in [-0.05, 0) is 36.2 Å². The third-order valence-corrected chi connectivity index (χ3v) is 10.1. The minimum absolute atomic E-state index is 0.336. The van der Waals surface area contributed by atoms with Gasteiger partial charge < -0.3 is 4.74 Å². The quantitative estimate of drug-likeness (QED) is 0.318. The monoisotopic (exact) mass is 594 g/mol. The molecule has 38 heavy (non-hydrogen) atoms. The SMILES string of the molecule is CS(=O)(=O)N1CCc2c(c(-c3ccc(Cl)c(SCc4ccc(Cl)cc4)c3)nn2CCCN2CCOCC2)C1. The molecule has 0 aliphatic carbocycles. The summed E-state index contributed by atoms with van der Waals surface area (Å²) in [5.74, 6) is 0.760. The van der Waals surface area contributed by atoms with Crippen molar-refractivity contribution in [1.82, 2.24) is 19.0 Å². The number of rotatable bonds is 9. The molecule has 204 valence electrons. The number of morpholine rings is 1. The molecule has 0 saturated carbocycles. The van der Waals surface area contributed by atoms with Gasteiger partial charge in [0.1, 0.15) is 0 Å². The fourth-order valence-corrected chi connectivity index (χ4v) is 7.06. The zero-order valence-electron chi connectivity index (χ0n) is 21.4. The predicted octanol–water partition coefficient (Wildman–Crippen LogP) is 5.19. The van der Waals surface area contributed by atoms with Crippen LogP contribution in [0.1, 0.15) is 23.2 Å². The summed E-state index contributed by atoms with van der Waals surface area (Å²) < 4.78 is 33.9. The van der Waals surface area contributed by atoms with E-state index < -0.39 is 10.0 Å². The first-order valence-corrected chi connectivity index (χ1v) is 16.4. The molecule has 0 radical (unpaired) electrons. The van der Waals surface area contributed by atoms with Gasteiger partial charge in [-0.25, -0.2) is 8.42 Å². The first-order valence-electron chi connectivity index (χ1n) is 12.8. The highest BCUT2D eigenvalue weighted by Crippen LogP contribution is 2.37. The van der Waals surface area contributed by atoms with E-state index in [2.05, 4.69) is 15.6 Å². The van der Waals surface area contributed by atoms with E-state index in [-0.39, 0.29) is 0 Å². The zero-order chi connectivity index (χ0) is 26.7. The van der Waals surface area contributed by atoms with Crippen LogP contribution in [0.25, 0.3) is 11.3 Å². The molecule has 0 spiro atoms. The van der Waals surface area contributed by atoms with E-state index in [1.807, 2.05) is 36.4 Å². The highest BCUT2D eigenvalue weighted by molar-refractivity contribution is 7.98. The third kappa shape index (κ3) is 6.75. The Bertz CT molecular complexity index is 1370. The Morgan fingerprint density at radius 3 is 2.53 bits per heavy atom. The maximum absolute atomic E-state index is 12.4. The van der Waals surface area contributed by atoms with Crippen LogP contribution in [0.15, 0.2) is 47.4 Å². The van der Waals surface area contributed by atoms with Crippen molar-refractivity contribution in [2.45, 2.75) is 36.6 Å². The molecule has 2 aliphatic rings. The molecule has 11 heteroatoms. The number of ether oxygens (including phenoxy) is 1. The molecule has 3 heterocycles. The van der Waals surface area contributed by atoms with Gasteiger partial charge in [-0.1, -0.05) is 41.4 Å². The Morgan fingerprint density at radius 1 is 1.03 bits per heavy atom. The Kier molecular flexibility index (Phi) is 9.04. The lowest BCUT2D eigenvalue weighted by molar-refractivity contribution is 0.0368. The number of aryl methyl sites for hydroxylation is 1. The van der Waals surface area contributed by atoms with E-state index >= 15 is 0 Å². The molecular formula is C27H32Cl2N4O3S2. The van der Waals surface area contributed by atoms with Crippen molar-refractivity contribution in [2.24, 2.45) is 0 Å². The van der Waals surface area contributed by atoms with Crippen LogP contribution in [-0.2, 0) is 40.0 Å². The molecule has 1 saturated heterocycles. The van der Waals surface area contributed by atoms with E-state index in [1.54, 1.807) is 16.1 Å². The highest BCUT2D eigenvalue weighted by atomic mass is 35.5. The summed E-state index contributed by atoms with van der Waals surface area (Å²) >= 11 is 14.3. The van der Waals surface area contributed by atoms with E-state index in [4.69, 9.17) is 33.0 Å². The number of aromatic nitrogens is 2. The summed E-state index contributed by atoms with van der Waals surface area (Å²) in [5.41, 5.74) is 5.07. The van der Waals surface area contributed by atoms with E-state index in [1.165, 1.54) is 6.26 Å². The average Bonchev–Trinajstić information content (AvgIpc) is 3.27. The number of benzene rings is 2. The summed E-state index contributed by atoms with van der Waals surface area (Å²) in [7, 11) is -3.30. The Morgan fingerprint density at radius 2 is 1.79 bits per heavy atom. The standard InChI is InChI=1S/C27H32Cl2N4O3S2/c1-38(34,35)32-12-9-25-23(18-32)27(30-33(25)11-2-10-31-13-15-36-16-14-31)21-5-8-24(29)26(17-21)37-19-20-3-6-22(28)7-4-20/h3-8,17H,2,9-16,18-19H2,1H3. The maximum Gasteiger partial charge on any atom is 0.211 e. The topological polar surface area (TPSA) is 67.7 Å². The van der Waals surface area contributed by atoms with Gasteiger partial charge in [-0.3, -0.25) is 9.58 Å². The highest BCUT2D eigenvalue weighted by Gasteiger charge is 2.30. The molecule has 0 atom stereocenters. The number of thioether (sulfide) groups is 1. The maximum atomic E-state index is 12.4. The van der Waals surface area contributed by atoms with Gasteiger partial charge in [0.05, 0.1) is 30.2 Å². The van der Waals surface area contributed by atoms with Crippen LogP contribution in [0.3, 0.4) is 0 Å². The number of hydrogen-bond donors (Lipinski definition) is 0. The molecule has 3 aromatic rings. The molecule has 0 unspecified atom stereocenters. The van der Waals surface area contributed by atoms with E-state index in [9.17, 15) is 8.42 Å². The molecule has 2 aliphatic heterocycles. The van der Waals surface area contributed by atoms with Crippen LogP contribution in [-0.4, -0.2) is 73.1 Å². The second-order valence-corrected chi connectivity index (χ2v) is 13.6. The Labute approximate surface area is 239 Å². The summed E-state index contributed by atoms with van der Waals surface area (Å²) in [5, 5.41) is 6.44. The van der Waals surface area contributed by atoms with Gasteiger partial charge in [0.25, 0.3) is 0 Å². The smallest absolute Gasteiger partial charge is 0.211 e. The van der Waals surface area contributed by atoms with Crippen LogP contribution in [0, 0.1) is 0 Å². The van der Waals surface area contributed by atoms with Gasteiger partial charge in [0.2, 0.25) is 10.0 Å². The van der Waals surface area contributed by atoms with Crippen LogP contribution in [0.5, 0.6) is 0 Å². The molecule has 1 fully saturated rings. The third-order valence-electron chi connectivity index (χ3n) is 7.03. The Balaban J connectivity index is 1.40. The molecular weight excluding hydrogens is 563 g/mol. The second kappa shape index (κ2) is 12.3. The second-order valence-electron chi connectivity index (χ2n) is 9.71. The van der Waals surface area contributed by atoms with Gasteiger partial charge in [-0.2, -0.15) is 9.40 Å². The van der Waals surface area contributed by atoms with Crippen molar-refractivity contribution >= 4 is 45.0 Å². The molecule has 0 N–H and O–H groups in total. The average molecular weight is 596 g/mol. The number of fused-ring (bicyclic) bond motifs is 1. The normalized spacial score (nSPS) is 17.0. The van der Waals surface area contributed by atoms with Crippen molar-refractivity contribution < 1.29 is 13.2 Å². The predicted molar refractivity (Wildman–Crippen MR) is 155 cm³/mol. The summed E-state index contributed by atoms with van der Waals surface area (Å²) in [4.78, 5) is 3.39. The van der Waals surface area contributed by atoms with Crippen molar-refractivity contribution in [3.8, 4) is 11.3 Å². The van der Waals surface area contributed by atoms with Crippen molar-refractivity contribution in [3.63, 3.8) is 0 Å². The van der Waals surface area contributed by atoms with Crippen molar-refractivity contribution in [3.05, 3.63) is 69.3 Å². The first kappa shape index (κ1) is 28.0. The number of hydrogen-bond acceptors (Lipinski definition) is 6. The first-order chi connectivity index (χ1) is 18.3. The Hall–Kier alpha value is -1.59. The van der Waals surface area contributed by atoms with Crippen LogP contribution in [0.2, 0.25) is 10.0 Å². The van der Waals surface area contributed by atoms with Gasteiger partial charge in [0.15, 0.2) is 0 Å². The zero-order valence-corrected chi connectivity index (χ0v) is 24.6. The minimum atomic E-state index is -3.30. The van der Waals surface area contributed by atoms with Crippen molar-refractivity contribution in [1.29, 1.82) is 0 Å². The number of sulfonamides is 1. The number of nitrogens with zero attached hydrogens (tertiary/aromatic N) is 4.